The van der Waals surface area contributed by atoms with Gasteiger partial charge in [-0.25, -0.2) is 0 Å². The summed E-state index contributed by atoms with van der Waals surface area (Å²) in [7, 11) is 3.57. The fraction of sp³-hybridized carbons (Fsp3) is 0.706. The maximum atomic E-state index is 5.67. The summed E-state index contributed by atoms with van der Waals surface area (Å²) in [6.45, 7) is 10.6. The van der Waals surface area contributed by atoms with Crippen molar-refractivity contribution in [2.75, 3.05) is 14.2 Å². The van der Waals surface area contributed by atoms with E-state index in [9.17, 15) is 0 Å². The van der Waals surface area contributed by atoms with Crippen molar-refractivity contribution in [3.8, 4) is 0 Å². The van der Waals surface area contributed by atoms with E-state index in [1.54, 1.807) is 14.2 Å². The van der Waals surface area contributed by atoms with E-state index in [-0.39, 0.29) is 41.0 Å². The minimum Gasteiger partial charge on any atom is -0.464 e. The molecule has 0 saturated heterocycles. The molecule has 1 aromatic rings. The molecule has 3 atom stereocenters. The molecule has 1 aromatic heterocycles. The molecule has 1 aliphatic carbocycles. The van der Waals surface area contributed by atoms with Crippen LogP contribution in [0.15, 0.2) is 21.5 Å². The van der Waals surface area contributed by atoms with Crippen LogP contribution in [-0.4, -0.2) is 31.8 Å². The van der Waals surface area contributed by atoms with Crippen LogP contribution in [-0.2, 0) is 4.74 Å². The average Bonchev–Trinajstić information content (AvgIpc) is 2.91. The Balaban J connectivity index is 0.00000264. The van der Waals surface area contributed by atoms with Crippen molar-refractivity contribution in [3.63, 3.8) is 0 Å². The van der Waals surface area contributed by atoms with Gasteiger partial charge < -0.3 is 19.8 Å². The Morgan fingerprint density at radius 2 is 2.04 bits per heavy atom. The molecule has 0 aromatic carbocycles. The molecule has 1 fully saturated rings. The summed E-state index contributed by atoms with van der Waals surface area (Å²) in [6, 6.07) is 4.37. The number of methoxy groups -OCH3 is 1. The number of hydrogen-bond donors (Lipinski definition) is 2. The van der Waals surface area contributed by atoms with Crippen LogP contribution < -0.4 is 10.6 Å². The first-order valence-electron chi connectivity index (χ1n) is 7.85. The molecule has 0 spiro atoms. The number of furan rings is 1. The van der Waals surface area contributed by atoms with Crippen molar-refractivity contribution in [2.45, 2.75) is 58.7 Å². The largest absolute Gasteiger partial charge is 0.464 e. The lowest BCUT2D eigenvalue weighted by molar-refractivity contribution is -0.176. The van der Waals surface area contributed by atoms with E-state index in [1.165, 1.54) is 0 Å². The fourth-order valence-corrected chi connectivity index (χ4v) is 3.02. The van der Waals surface area contributed by atoms with Crippen molar-refractivity contribution in [1.82, 2.24) is 10.6 Å². The smallest absolute Gasteiger partial charge is 0.191 e. The summed E-state index contributed by atoms with van der Waals surface area (Å²) in [6.07, 6.45) is 0.964. The Hall–Kier alpha value is -0.760. The molecule has 2 rings (SSSR count). The van der Waals surface area contributed by atoms with Gasteiger partial charge in [-0.05, 0) is 39.3 Å². The minimum atomic E-state index is -0.0900. The number of aryl methyl sites for hydroxylation is 1. The number of nitrogens with one attached hydrogen (secondary N) is 2. The Morgan fingerprint density at radius 1 is 1.39 bits per heavy atom. The third-order valence-electron chi connectivity index (χ3n) is 5.35. The SMILES string of the molecule is CN=C(NC(C)c1ccc(C)o1)NC1CC(C)(OC)C1(C)C.I. The van der Waals surface area contributed by atoms with E-state index >= 15 is 0 Å². The summed E-state index contributed by atoms with van der Waals surface area (Å²) in [4.78, 5) is 4.33. The van der Waals surface area contributed by atoms with E-state index < -0.39 is 0 Å². The second kappa shape index (κ2) is 7.42. The van der Waals surface area contributed by atoms with Crippen molar-refractivity contribution in [1.29, 1.82) is 0 Å². The van der Waals surface area contributed by atoms with Gasteiger partial charge in [-0.3, -0.25) is 4.99 Å². The minimum absolute atomic E-state index is 0. The van der Waals surface area contributed by atoms with E-state index in [1.807, 2.05) is 19.1 Å². The fourth-order valence-electron chi connectivity index (χ4n) is 3.02. The lowest BCUT2D eigenvalue weighted by Gasteiger charge is -2.59. The van der Waals surface area contributed by atoms with Crippen LogP contribution in [0.5, 0.6) is 0 Å². The lowest BCUT2D eigenvalue weighted by Crippen LogP contribution is -2.69. The standard InChI is InChI=1S/C17H29N3O2.HI/c1-11-8-9-13(22-11)12(2)19-15(18-6)20-14-10-17(5,21-7)16(14,3)4;/h8-9,12,14H,10H2,1-7H3,(H2,18,19,20);1H. The molecule has 5 nitrogen and oxygen atoms in total. The van der Waals surface area contributed by atoms with Crippen LogP contribution in [0.3, 0.4) is 0 Å². The van der Waals surface area contributed by atoms with E-state index in [0.717, 1.165) is 23.9 Å². The predicted octanol–water partition coefficient (Wildman–Crippen LogP) is 3.64. The quantitative estimate of drug-likeness (QED) is 0.431. The van der Waals surface area contributed by atoms with Crippen molar-refractivity contribution in [2.24, 2.45) is 10.4 Å². The normalized spacial score (nSPS) is 27.6. The molecule has 1 heterocycles. The first kappa shape index (κ1) is 20.3. The third-order valence-corrected chi connectivity index (χ3v) is 5.35. The van der Waals surface area contributed by atoms with Gasteiger partial charge in [0, 0.05) is 25.6 Å². The molecule has 132 valence electrons. The van der Waals surface area contributed by atoms with Gasteiger partial charge in [0.25, 0.3) is 0 Å². The van der Waals surface area contributed by atoms with Crippen LogP contribution in [0.1, 0.15) is 51.7 Å². The molecule has 6 heteroatoms. The first-order chi connectivity index (χ1) is 10.2. The predicted molar refractivity (Wildman–Crippen MR) is 105 cm³/mol. The maximum absolute atomic E-state index is 5.67. The van der Waals surface area contributed by atoms with Crippen LogP contribution in [0.25, 0.3) is 0 Å². The van der Waals surface area contributed by atoms with Crippen LogP contribution >= 0.6 is 24.0 Å². The number of hydrogen-bond acceptors (Lipinski definition) is 3. The zero-order valence-electron chi connectivity index (χ0n) is 15.2. The summed E-state index contributed by atoms with van der Waals surface area (Å²) >= 11 is 0. The number of aliphatic imine (C=N–C) groups is 1. The summed E-state index contributed by atoms with van der Waals surface area (Å²) in [5.41, 5.74) is -0.0445. The number of nitrogens with zero attached hydrogens (tertiary/aromatic N) is 1. The van der Waals surface area contributed by atoms with Crippen LogP contribution in [0.2, 0.25) is 0 Å². The zero-order valence-corrected chi connectivity index (χ0v) is 17.5. The topological polar surface area (TPSA) is 58.8 Å². The van der Waals surface area contributed by atoms with Crippen molar-refractivity contribution in [3.05, 3.63) is 23.7 Å². The number of ether oxygens (including phenoxy) is 1. The molecule has 0 amide bonds. The molecular formula is C17H30IN3O2. The van der Waals surface area contributed by atoms with Gasteiger partial charge in [0.05, 0.1) is 11.6 Å². The Kier molecular flexibility index (Phi) is 6.55. The highest BCUT2D eigenvalue weighted by Crippen LogP contribution is 2.51. The third kappa shape index (κ3) is 3.84. The molecule has 0 aliphatic heterocycles. The Labute approximate surface area is 156 Å². The highest BCUT2D eigenvalue weighted by Gasteiger charge is 2.58. The highest BCUT2D eigenvalue weighted by atomic mass is 127. The molecule has 23 heavy (non-hydrogen) atoms. The Morgan fingerprint density at radius 3 is 2.48 bits per heavy atom. The molecule has 0 radical (unpaired) electrons. The second-order valence-corrected chi connectivity index (χ2v) is 6.94. The second-order valence-electron chi connectivity index (χ2n) is 6.94. The van der Waals surface area contributed by atoms with Crippen LogP contribution in [0.4, 0.5) is 0 Å². The van der Waals surface area contributed by atoms with Gasteiger partial charge in [0.2, 0.25) is 0 Å². The van der Waals surface area contributed by atoms with Gasteiger partial charge in [-0.2, -0.15) is 0 Å². The van der Waals surface area contributed by atoms with E-state index in [0.29, 0.717) is 6.04 Å². The highest BCUT2D eigenvalue weighted by molar-refractivity contribution is 14.0. The van der Waals surface area contributed by atoms with Crippen molar-refractivity contribution < 1.29 is 9.15 Å². The van der Waals surface area contributed by atoms with E-state index in [4.69, 9.17) is 9.15 Å². The molecular weight excluding hydrogens is 405 g/mol. The van der Waals surface area contributed by atoms with Gasteiger partial charge >= 0.3 is 0 Å². The number of guanidine groups is 1. The average molecular weight is 435 g/mol. The first-order valence-corrected chi connectivity index (χ1v) is 7.85. The van der Waals surface area contributed by atoms with Crippen molar-refractivity contribution >= 4 is 29.9 Å². The van der Waals surface area contributed by atoms with Gasteiger partial charge in [-0.1, -0.05) is 13.8 Å². The Bertz CT molecular complexity index is 556. The molecule has 0 bridgehead atoms. The van der Waals surface area contributed by atoms with Crippen LogP contribution in [0, 0.1) is 12.3 Å². The lowest BCUT2D eigenvalue weighted by atomic mass is 9.56. The van der Waals surface area contributed by atoms with E-state index in [2.05, 4.69) is 43.3 Å². The number of halogens is 1. The number of rotatable bonds is 4. The summed E-state index contributed by atoms with van der Waals surface area (Å²) in [5, 5.41) is 6.89. The molecule has 1 saturated carbocycles. The monoisotopic (exact) mass is 435 g/mol. The molecule has 3 unspecified atom stereocenters. The zero-order chi connectivity index (χ0) is 16.5. The van der Waals surface area contributed by atoms with Gasteiger partial charge in [0.15, 0.2) is 5.96 Å². The molecule has 1 aliphatic rings. The van der Waals surface area contributed by atoms with Gasteiger partial charge in [-0.15, -0.1) is 24.0 Å². The summed E-state index contributed by atoms with van der Waals surface area (Å²) < 4.78 is 11.3. The summed E-state index contributed by atoms with van der Waals surface area (Å²) in [5.74, 6) is 2.62. The maximum Gasteiger partial charge on any atom is 0.191 e. The van der Waals surface area contributed by atoms with Gasteiger partial charge in [0.1, 0.15) is 11.5 Å². The molecule has 2 N–H and O–H groups in total.